The molecule has 2 aliphatic heterocycles. The van der Waals surface area contributed by atoms with Crippen LogP contribution in [0.25, 0.3) is 6.08 Å². The number of nitrogens with one attached hydrogen (secondary N) is 2. The number of ether oxygens (including phenoxy) is 2. The summed E-state index contributed by atoms with van der Waals surface area (Å²) >= 11 is 0. The predicted molar refractivity (Wildman–Crippen MR) is 131 cm³/mol. The van der Waals surface area contributed by atoms with Gasteiger partial charge in [0.1, 0.15) is 11.9 Å². The first-order valence-electron chi connectivity index (χ1n) is 12.6. The minimum atomic E-state index is -0.239. The highest BCUT2D eigenvalue weighted by Gasteiger charge is 2.40. The lowest BCUT2D eigenvalue weighted by molar-refractivity contribution is -0.134. The second-order valence-electron chi connectivity index (χ2n) is 9.42. The van der Waals surface area contributed by atoms with Gasteiger partial charge in [0.25, 0.3) is 5.91 Å². The summed E-state index contributed by atoms with van der Waals surface area (Å²) in [6.45, 7) is 9.55. The number of likely N-dealkylation sites (N-methyl/N-ethyl adjacent to an activating group) is 1. The first kappa shape index (κ1) is 24.5. The fraction of sp³-hybridized carbons (Fsp3) is 0.615. The van der Waals surface area contributed by atoms with E-state index in [4.69, 9.17) is 9.47 Å². The van der Waals surface area contributed by atoms with Crippen LogP contribution in [0.5, 0.6) is 5.75 Å². The lowest BCUT2D eigenvalue weighted by atomic mass is 9.82. The van der Waals surface area contributed by atoms with E-state index in [0.29, 0.717) is 24.5 Å². The van der Waals surface area contributed by atoms with E-state index < -0.39 is 0 Å². The number of para-hydroxylation sites is 1. The molecule has 0 bridgehead atoms. The molecule has 1 aliphatic carbocycles. The molecule has 2 heterocycles. The van der Waals surface area contributed by atoms with E-state index in [1.807, 2.05) is 24.3 Å². The summed E-state index contributed by atoms with van der Waals surface area (Å²) in [7, 11) is 1.61. The largest absolute Gasteiger partial charge is 0.496 e. The maximum Gasteiger partial charge on any atom is 0.286 e. The number of piperazine rings is 1. The molecular formula is C26H38N4O4. The van der Waals surface area contributed by atoms with Gasteiger partial charge in [-0.3, -0.25) is 9.59 Å². The summed E-state index contributed by atoms with van der Waals surface area (Å²) in [4.78, 5) is 30.4. The van der Waals surface area contributed by atoms with E-state index in [2.05, 4.69) is 27.4 Å². The van der Waals surface area contributed by atoms with Crippen molar-refractivity contribution in [2.75, 3.05) is 52.9 Å². The van der Waals surface area contributed by atoms with Crippen LogP contribution in [-0.4, -0.2) is 86.7 Å². The van der Waals surface area contributed by atoms with Crippen molar-refractivity contribution in [2.45, 2.75) is 44.8 Å². The minimum Gasteiger partial charge on any atom is -0.496 e. The molecule has 2 amide bonds. The van der Waals surface area contributed by atoms with Crippen LogP contribution >= 0.6 is 0 Å². The molecule has 3 fully saturated rings. The van der Waals surface area contributed by atoms with Crippen LogP contribution in [0.2, 0.25) is 0 Å². The van der Waals surface area contributed by atoms with Crippen LogP contribution < -0.4 is 15.4 Å². The third kappa shape index (κ3) is 6.10. The molecule has 1 aromatic carbocycles. The Morgan fingerprint density at radius 1 is 1.21 bits per heavy atom. The quantitative estimate of drug-likeness (QED) is 0.446. The van der Waals surface area contributed by atoms with Gasteiger partial charge in [-0.05, 0) is 50.9 Å². The smallest absolute Gasteiger partial charge is 0.286 e. The zero-order chi connectivity index (χ0) is 23.9. The van der Waals surface area contributed by atoms with Gasteiger partial charge in [-0.1, -0.05) is 25.1 Å². The highest BCUT2D eigenvalue weighted by atomic mass is 16.5. The molecule has 186 valence electrons. The molecule has 3 aliphatic rings. The molecule has 34 heavy (non-hydrogen) atoms. The first-order chi connectivity index (χ1) is 16.6. The summed E-state index contributed by atoms with van der Waals surface area (Å²) in [6.07, 6.45) is 4.71. The maximum absolute atomic E-state index is 12.8. The minimum absolute atomic E-state index is 0.0852. The molecule has 1 saturated carbocycles. The van der Waals surface area contributed by atoms with Crippen molar-refractivity contribution in [3.05, 3.63) is 35.6 Å². The number of carbonyl (C=O) groups is 2. The number of amides is 2. The molecule has 3 unspecified atom stereocenters. The van der Waals surface area contributed by atoms with Gasteiger partial charge in [0.2, 0.25) is 5.91 Å². The van der Waals surface area contributed by atoms with E-state index in [0.717, 1.165) is 64.1 Å². The van der Waals surface area contributed by atoms with E-state index >= 15 is 0 Å². The fourth-order valence-electron chi connectivity index (χ4n) is 5.14. The van der Waals surface area contributed by atoms with Crippen molar-refractivity contribution in [3.8, 4) is 5.75 Å². The van der Waals surface area contributed by atoms with Gasteiger partial charge in [-0.2, -0.15) is 0 Å². The zero-order valence-electron chi connectivity index (χ0n) is 20.4. The highest BCUT2D eigenvalue weighted by molar-refractivity contribution is 5.97. The molecular weight excluding hydrogens is 432 g/mol. The van der Waals surface area contributed by atoms with Crippen molar-refractivity contribution < 1.29 is 19.1 Å². The Balaban J connectivity index is 1.22. The van der Waals surface area contributed by atoms with Gasteiger partial charge < -0.3 is 29.9 Å². The van der Waals surface area contributed by atoms with Crippen LogP contribution in [0.4, 0.5) is 0 Å². The van der Waals surface area contributed by atoms with E-state index in [9.17, 15) is 9.59 Å². The topological polar surface area (TPSA) is 83.1 Å². The van der Waals surface area contributed by atoms with E-state index in [1.165, 1.54) is 0 Å². The summed E-state index contributed by atoms with van der Waals surface area (Å²) in [5, 5.41) is 6.18. The highest BCUT2D eigenvalue weighted by Crippen LogP contribution is 2.32. The van der Waals surface area contributed by atoms with Crippen molar-refractivity contribution >= 4 is 17.9 Å². The number of carbonyl (C=O) groups excluding carboxylic acids is 2. The molecule has 2 saturated heterocycles. The van der Waals surface area contributed by atoms with Crippen molar-refractivity contribution in [3.63, 3.8) is 0 Å². The van der Waals surface area contributed by atoms with E-state index in [1.54, 1.807) is 13.2 Å². The first-order valence-corrected chi connectivity index (χ1v) is 12.6. The Bertz CT molecular complexity index is 881. The standard InChI is InChI=1S/C26H38N4O4/c1-3-29-13-15-30(16-14-29)12-6-11-27-25(31)20-9-10-23-21(17-20)28-26(32)24(34-23)18-19-7-4-5-8-22(19)33-2/h4-5,7-8,18,20-21,23H,3,6,9-17H2,1-2H3,(H,27,31)(H,28,32)/b24-18-. The average Bonchev–Trinajstić information content (AvgIpc) is 2.87. The van der Waals surface area contributed by atoms with Gasteiger partial charge in [-0.25, -0.2) is 0 Å². The third-order valence-corrected chi connectivity index (χ3v) is 7.26. The molecule has 2 N–H and O–H groups in total. The normalized spacial score (nSPS) is 26.9. The molecule has 0 spiro atoms. The van der Waals surface area contributed by atoms with E-state index in [-0.39, 0.29) is 29.9 Å². The SMILES string of the molecule is CCN1CCN(CCCNC(=O)C2CCC3O/C(=C\c4ccccc4OC)C(=O)NC3C2)CC1. The van der Waals surface area contributed by atoms with Crippen LogP contribution in [0, 0.1) is 5.92 Å². The van der Waals surface area contributed by atoms with Crippen molar-refractivity contribution in [1.29, 1.82) is 0 Å². The second kappa shape index (κ2) is 11.7. The summed E-state index contributed by atoms with van der Waals surface area (Å²) < 4.78 is 11.4. The summed E-state index contributed by atoms with van der Waals surface area (Å²) in [5.41, 5.74) is 0.800. The number of nitrogens with zero attached hydrogens (tertiary/aromatic N) is 2. The summed E-state index contributed by atoms with van der Waals surface area (Å²) in [5.74, 6) is 0.763. The van der Waals surface area contributed by atoms with Crippen molar-refractivity contribution in [2.24, 2.45) is 5.92 Å². The number of hydrogen-bond acceptors (Lipinski definition) is 6. The Morgan fingerprint density at radius 3 is 2.74 bits per heavy atom. The van der Waals surface area contributed by atoms with Gasteiger partial charge in [0.15, 0.2) is 5.76 Å². The van der Waals surface area contributed by atoms with Crippen LogP contribution in [0.3, 0.4) is 0 Å². The lowest BCUT2D eigenvalue weighted by Gasteiger charge is -2.39. The number of methoxy groups -OCH3 is 1. The lowest BCUT2D eigenvalue weighted by Crippen LogP contribution is -2.54. The third-order valence-electron chi connectivity index (χ3n) is 7.26. The molecule has 8 nitrogen and oxygen atoms in total. The van der Waals surface area contributed by atoms with Crippen molar-refractivity contribution in [1.82, 2.24) is 20.4 Å². The maximum atomic E-state index is 12.8. The molecule has 3 atom stereocenters. The van der Waals surface area contributed by atoms with Crippen LogP contribution in [0.15, 0.2) is 30.0 Å². The molecule has 4 rings (SSSR count). The summed E-state index contributed by atoms with van der Waals surface area (Å²) in [6, 6.07) is 7.39. The van der Waals surface area contributed by atoms with Gasteiger partial charge in [0, 0.05) is 44.2 Å². The Kier molecular flexibility index (Phi) is 8.45. The predicted octanol–water partition coefficient (Wildman–Crippen LogP) is 1.86. The van der Waals surface area contributed by atoms with Gasteiger partial charge >= 0.3 is 0 Å². The van der Waals surface area contributed by atoms with Crippen LogP contribution in [0.1, 0.15) is 38.2 Å². The van der Waals surface area contributed by atoms with Crippen LogP contribution in [-0.2, 0) is 14.3 Å². The number of fused-ring (bicyclic) bond motifs is 1. The average molecular weight is 471 g/mol. The number of rotatable bonds is 8. The Labute approximate surface area is 202 Å². The van der Waals surface area contributed by atoms with Gasteiger partial charge in [0.05, 0.1) is 13.2 Å². The monoisotopic (exact) mass is 470 g/mol. The number of morpholine rings is 1. The molecule has 0 radical (unpaired) electrons. The zero-order valence-corrected chi connectivity index (χ0v) is 20.4. The molecule has 0 aromatic heterocycles. The second-order valence-corrected chi connectivity index (χ2v) is 9.42. The molecule has 1 aromatic rings. The number of hydrogen-bond donors (Lipinski definition) is 2. The number of benzene rings is 1. The van der Waals surface area contributed by atoms with Gasteiger partial charge in [-0.15, -0.1) is 0 Å². The molecule has 8 heteroatoms. The Hall–Kier alpha value is -2.58. The Morgan fingerprint density at radius 2 is 1.97 bits per heavy atom. The fourth-order valence-corrected chi connectivity index (χ4v) is 5.14.